The number of benzene rings is 1. The normalized spacial score (nSPS) is 14.7. The third-order valence-electron chi connectivity index (χ3n) is 3.87. The molecule has 0 spiro atoms. The number of nitrogens with one attached hydrogen (secondary N) is 1. The third kappa shape index (κ3) is 6.58. The van der Waals surface area contributed by atoms with Gasteiger partial charge in [-0.1, -0.05) is 0 Å². The summed E-state index contributed by atoms with van der Waals surface area (Å²) < 4.78 is 31.4. The smallest absolute Gasteiger partial charge is 0.219 e. The van der Waals surface area contributed by atoms with E-state index >= 15 is 0 Å². The molecule has 1 fully saturated rings. The molecule has 1 saturated heterocycles. The van der Waals surface area contributed by atoms with Gasteiger partial charge in [0, 0.05) is 45.7 Å². The van der Waals surface area contributed by atoms with Crippen LogP contribution in [0.4, 0.5) is 8.78 Å². The number of hydrogen-bond acceptors (Lipinski definition) is 3. The fourth-order valence-electron chi connectivity index (χ4n) is 2.54. The van der Waals surface area contributed by atoms with Gasteiger partial charge in [-0.3, -0.25) is 4.79 Å². The van der Waals surface area contributed by atoms with Gasteiger partial charge in [0.1, 0.15) is 12.4 Å². The summed E-state index contributed by atoms with van der Waals surface area (Å²) in [4.78, 5) is 19.8. The molecule has 1 aliphatic rings. The minimum atomic E-state index is -0.933. The molecular weight excluding hydrogens is 457 g/mol. The lowest BCUT2D eigenvalue weighted by atomic mass is 10.3. The summed E-state index contributed by atoms with van der Waals surface area (Å²) in [5, 5.41) is 3.22. The van der Waals surface area contributed by atoms with Crippen molar-refractivity contribution in [3.63, 3.8) is 0 Å². The Balaban J connectivity index is 0.00000338. The highest BCUT2D eigenvalue weighted by atomic mass is 127. The Labute approximate surface area is 169 Å². The van der Waals surface area contributed by atoms with Crippen molar-refractivity contribution in [2.45, 2.75) is 13.8 Å². The van der Waals surface area contributed by atoms with E-state index in [9.17, 15) is 13.6 Å². The van der Waals surface area contributed by atoms with E-state index in [4.69, 9.17) is 4.74 Å². The van der Waals surface area contributed by atoms with Crippen LogP contribution < -0.4 is 10.1 Å². The van der Waals surface area contributed by atoms with Crippen LogP contribution in [0.2, 0.25) is 0 Å². The predicted octanol–water partition coefficient (Wildman–Crippen LogP) is 2.09. The van der Waals surface area contributed by atoms with Crippen LogP contribution in [0.15, 0.2) is 23.2 Å². The molecule has 0 aromatic heterocycles. The number of nitrogens with zero attached hydrogens (tertiary/aromatic N) is 3. The van der Waals surface area contributed by atoms with Gasteiger partial charge < -0.3 is 19.9 Å². The van der Waals surface area contributed by atoms with Crippen LogP contribution in [0.3, 0.4) is 0 Å². The van der Waals surface area contributed by atoms with Gasteiger partial charge in [-0.25, -0.2) is 13.8 Å². The van der Waals surface area contributed by atoms with Crippen molar-refractivity contribution >= 4 is 35.8 Å². The minimum absolute atomic E-state index is 0. The standard InChI is InChI=1S/C17H24F2N4O2.HI/c1-3-20-17(23-9-7-22(8-10-23)13(2)24)21-6-11-25-14-4-5-15(18)16(19)12-14;/h4-5,12H,3,6-11H2,1-2H3,(H,20,21);1H. The summed E-state index contributed by atoms with van der Waals surface area (Å²) in [6.45, 7) is 7.71. The van der Waals surface area contributed by atoms with Crippen LogP contribution in [-0.2, 0) is 4.79 Å². The first-order chi connectivity index (χ1) is 12.0. The fourth-order valence-corrected chi connectivity index (χ4v) is 2.54. The molecule has 1 amide bonds. The maximum absolute atomic E-state index is 13.1. The number of halogens is 3. The van der Waals surface area contributed by atoms with Gasteiger partial charge in [0.15, 0.2) is 17.6 Å². The quantitative estimate of drug-likeness (QED) is 0.303. The fraction of sp³-hybridized carbons (Fsp3) is 0.529. The summed E-state index contributed by atoms with van der Waals surface area (Å²) in [5.41, 5.74) is 0. The predicted molar refractivity (Wildman–Crippen MR) is 107 cm³/mol. The summed E-state index contributed by atoms with van der Waals surface area (Å²) in [7, 11) is 0. The lowest BCUT2D eigenvalue weighted by molar-refractivity contribution is -0.130. The monoisotopic (exact) mass is 482 g/mol. The maximum atomic E-state index is 13.1. The number of hydrogen-bond donors (Lipinski definition) is 1. The van der Waals surface area contributed by atoms with E-state index in [0.717, 1.165) is 37.7 Å². The van der Waals surface area contributed by atoms with Gasteiger partial charge in [0.25, 0.3) is 0 Å². The summed E-state index contributed by atoms with van der Waals surface area (Å²) in [6.07, 6.45) is 0. The first-order valence-corrected chi connectivity index (χ1v) is 8.38. The molecule has 2 rings (SSSR count). The number of ether oxygens (including phenoxy) is 1. The number of piperazine rings is 1. The van der Waals surface area contributed by atoms with E-state index in [1.165, 1.54) is 6.07 Å². The highest BCUT2D eigenvalue weighted by molar-refractivity contribution is 14.0. The lowest BCUT2D eigenvalue weighted by Crippen LogP contribution is -2.53. The van der Waals surface area contributed by atoms with Crippen LogP contribution in [0.25, 0.3) is 0 Å². The lowest BCUT2D eigenvalue weighted by Gasteiger charge is -2.36. The molecule has 1 heterocycles. The SMILES string of the molecule is CCNC(=NCCOc1ccc(F)c(F)c1)N1CCN(C(C)=O)CC1.I. The summed E-state index contributed by atoms with van der Waals surface area (Å²) in [5.74, 6) is -0.711. The zero-order chi connectivity index (χ0) is 18.2. The number of guanidine groups is 1. The highest BCUT2D eigenvalue weighted by Gasteiger charge is 2.20. The molecule has 0 unspecified atom stereocenters. The molecule has 0 aliphatic carbocycles. The second-order valence-electron chi connectivity index (χ2n) is 5.65. The molecule has 26 heavy (non-hydrogen) atoms. The second-order valence-corrected chi connectivity index (χ2v) is 5.65. The van der Waals surface area contributed by atoms with Gasteiger partial charge in [-0.2, -0.15) is 0 Å². The van der Waals surface area contributed by atoms with Gasteiger partial charge in [-0.05, 0) is 19.1 Å². The summed E-state index contributed by atoms with van der Waals surface area (Å²) in [6, 6.07) is 3.44. The van der Waals surface area contributed by atoms with E-state index in [1.54, 1.807) is 6.92 Å². The highest BCUT2D eigenvalue weighted by Crippen LogP contribution is 2.15. The Morgan fingerprint density at radius 1 is 1.19 bits per heavy atom. The van der Waals surface area contributed by atoms with E-state index in [-0.39, 0.29) is 42.2 Å². The van der Waals surface area contributed by atoms with Crippen molar-refractivity contribution in [1.82, 2.24) is 15.1 Å². The van der Waals surface area contributed by atoms with E-state index in [2.05, 4.69) is 15.2 Å². The average molecular weight is 482 g/mol. The van der Waals surface area contributed by atoms with Gasteiger partial charge in [-0.15, -0.1) is 24.0 Å². The zero-order valence-electron chi connectivity index (χ0n) is 15.0. The van der Waals surface area contributed by atoms with Crippen molar-refractivity contribution in [3.05, 3.63) is 29.8 Å². The molecule has 1 N–H and O–H groups in total. The Hall–Kier alpha value is -1.65. The Morgan fingerprint density at radius 3 is 2.42 bits per heavy atom. The van der Waals surface area contributed by atoms with Crippen molar-refractivity contribution < 1.29 is 18.3 Å². The molecule has 9 heteroatoms. The van der Waals surface area contributed by atoms with Crippen LogP contribution in [0.5, 0.6) is 5.75 Å². The largest absolute Gasteiger partial charge is 0.492 e. The van der Waals surface area contributed by atoms with Crippen LogP contribution in [0, 0.1) is 11.6 Å². The maximum Gasteiger partial charge on any atom is 0.219 e. The van der Waals surface area contributed by atoms with Crippen LogP contribution in [0.1, 0.15) is 13.8 Å². The van der Waals surface area contributed by atoms with E-state index < -0.39 is 11.6 Å². The number of amides is 1. The molecule has 0 radical (unpaired) electrons. The number of carbonyl (C=O) groups is 1. The Morgan fingerprint density at radius 2 is 1.85 bits per heavy atom. The molecule has 0 bridgehead atoms. The molecule has 6 nitrogen and oxygen atoms in total. The molecule has 146 valence electrons. The molecule has 0 atom stereocenters. The average Bonchev–Trinajstić information content (AvgIpc) is 2.60. The topological polar surface area (TPSA) is 57.2 Å². The molecule has 1 aromatic rings. The van der Waals surface area contributed by atoms with Crippen LogP contribution >= 0.6 is 24.0 Å². The van der Waals surface area contributed by atoms with Crippen LogP contribution in [-0.4, -0.2) is 67.5 Å². The first-order valence-electron chi connectivity index (χ1n) is 8.38. The number of carbonyl (C=O) groups excluding carboxylic acids is 1. The number of aliphatic imine (C=N–C) groups is 1. The Bertz CT molecular complexity index is 623. The second kappa shape index (κ2) is 11.1. The molecule has 1 aliphatic heterocycles. The number of rotatable bonds is 5. The van der Waals surface area contributed by atoms with Gasteiger partial charge in [0.05, 0.1) is 6.54 Å². The minimum Gasteiger partial charge on any atom is -0.492 e. The third-order valence-corrected chi connectivity index (χ3v) is 3.87. The molecule has 0 saturated carbocycles. The zero-order valence-corrected chi connectivity index (χ0v) is 17.3. The van der Waals surface area contributed by atoms with Crippen molar-refractivity contribution in [2.24, 2.45) is 4.99 Å². The molecule has 1 aromatic carbocycles. The first kappa shape index (κ1) is 22.4. The Kier molecular flexibility index (Phi) is 9.60. The van der Waals surface area contributed by atoms with Crippen molar-refractivity contribution in [1.29, 1.82) is 0 Å². The van der Waals surface area contributed by atoms with Crippen molar-refractivity contribution in [3.8, 4) is 5.75 Å². The van der Waals surface area contributed by atoms with Gasteiger partial charge >= 0.3 is 0 Å². The van der Waals surface area contributed by atoms with E-state index in [1.807, 2.05) is 11.8 Å². The van der Waals surface area contributed by atoms with Crippen molar-refractivity contribution in [2.75, 3.05) is 45.9 Å². The molecular formula is C17H25F2IN4O2. The van der Waals surface area contributed by atoms with E-state index in [0.29, 0.717) is 19.6 Å². The summed E-state index contributed by atoms with van der Waals surface area (Å²) >= 11 is 0. The van der Waals surface area contributed by atoms with Gasteiger partial charge in [0.2, 0.25) is 5.91 Å².